The van der Waals surface area contributed by atoms with Crippen LogP contribution in [0.25, 0.3) is 10.2 Å². The third-order valence-corrected chi connectivity index (χ3v) is 6.54. The van der Waals surface area contributed by atoms with Crippen molar-refractivity contribution < 1.29 is 22.7 Å². The molecule has 1 fully saturated rings. The lowest BCUT2D eigenvalue weighted by atomic mass is 10.00. The van der Waals surface area contributed by atoms with E-state index in [0.29, 0.717) is 37.1 Å². The quantitative estimate of drug-likeness (QED) is 0.589. The number of hydrogen-bond acceptors (Lipinski definition) is 6. The van der Waals surface area contributed by atoms with Crippen LogP contribution in [-0.4, -0.2) is 41.4 Å². The lowest BCUT2D eigenvalue weighted by molar-refractivity contribution is -0.274. The molecule has 31 heavy (non-hydrogen) atoms. The first-order valence-corrected chi connectivity index (χ1v) is 10.9. The molecule has 1 aromatic carbocycles. The number of aryl methyl sites for hydroxylation is 1. The lowest BCUT2D eigenvalue weighted by Gasteiger charge is -2.34. The van der Waals surface area contributed by atoms with Gasteiger partial charge in [0.2, 0.25) is 5.91 Å². The van der Waals surface area contributed by atoms with E-state index in [1.165, 1.54) is 29.8 Å². The topological polar surface area (TPSA) is 58.6 Å². The number of carbonyl (C=O) groups is 1. The maximum atomic E-state index is 13.6. The van der Waals surface area contributed by atoms with Crippen molar-refractivity contribution in [3.8, 4) is 5.75 Å². The lowest BCUT2D eigenvalue weighted by Crippen LogP contribution is -2.48. The van der Waals surface area contributed by atoms with Crippen LogP contribution in [0.5, 0.6) is 5.75 Å². The summed E-state index contributed by atoms with van der Waals surface area (Å²) in [6, 6.07) is 5.80. The van der Waals surface area contributed by atoms with E-state index in [0.717, 1.165) is 29.0 Å². The largest absolute Gasteiger partial charge is 0.573 e. The zero-order valence-corrected chi connectivity index (χ0v) is 17.2. The second-order valence-electron chi connectivity index (χ2n) is 7.62. The minimum atomic E-state index is -4.74. The fourth-order valence-corrected chi connectivity index (χ4v) is 5.19. The SMILES string of the molecule is O=C(C1CCCN1c1ncnc2sccc12)N1CCCc2cc(OC(F)(F)F)ccc21. The molecule has 0 saturated carbocycles. The molecule has 6 nitrogen and oxygen atoms in total. The summed E-state index contributed by atoms with van der Waals surface area (Å²) < 4.78 is 41.8. The highest BCUT2D eigenvalue weighted by Crippen LogP contribution is 2.36. The van der Waals surface area contributed by atoms with Crippen LogP contribution < -0.4 is 14.5 Å². The Labute approximate surface area is 180 Å². The van der Waals surface area contributed by atoms with Gasteiger partial charge >= 0.3 is 6.36 Å². The number of ether oxygens (including phenoxy) is 1. The maximum Gasteiger partial charge on any atom is 0.573 e. The number of benzene rings is 1. The molecule has 10 heteroatoms. The maximum absolute atomic E-state index is 13.6. The number of hydrogen-bond donors (Lipinski definition) is 0. The Morgan fingerprint density at radius 1 is 1.16 bits per heavy atom. The summed E-state index contributed by atoms with van der Waals surface area (Å²) in [5.41, 5.74) is 1.34. The molecule has 1 atom stereocenters. The van der Waals surface area contributed by atoms with Crippen LogP contribution in [0.15, 0.2) is 36.0 Å². The van der Waals surface area contributed by atoms with E-state index in [1.807, 2.05) is 16.3 Å². The number of alkyl halides is 3. The Kier molecular flexibility index (Phi) is 4.96. The standard InChI is InChI=1S/C21H19F3N4O2S/c22-21(23,24)30-14-5-6-16-13(11-14)3-1-9-28(16)20(29)17-4-2-8-27(17)18-15-7-10-31-19(15)26-12-25-18/h5-7,10-12,17H,1-4,8-9H2. The van der Waals surface area contributed by atoms with Crippen LogP contribution in [-0.2, 0) is 11.2 Å². The number of carbonyl (C=O) groups excluding carboxylic acids is 1. The van der Waals surface area contributed by atoms with E-state index in [9.17, 15) is 18.0 Å². The molecule has 0 bridgehead atoms. The first-order chi connectivity index (χ1) is 14.9. The van der Waals surface area contributed by atoms with Crippen molar-refractivity contribution in [2.75, 3.05) is 22.9 Å². The smallest absolute Gasteiger partial charge is 0.406 e. The molecule has 0 spiro atoms. The van der Waals surface area contributed by atoms with E-state index in [2.05, 4.69) is 14.7 Å². The van der Waals surface area contributed by atoms with Crippen molar-refractivity contribution in [3.63, 3.8) is 0 Å². The predicted octanol–water partition coefficient (Wildman–Crippen LogP) is 4.54. The zero-order chi connectivity index (χ0) is 21.6. The molecule has 0 radical (unpaired) electrons. The van der Waals surface area contributed by atoms with Crippen molar-refractivity contribution >= 4 is 39.0 Å². The molecule has 0 aliphatic carbocycles. The number of aromatic nitrogens is 2. The number of halogens is 3. The number of nitrogens with zero attached hydrogens (tertiary/aromatic N) is 4. The van der Waals surface area contributed by atoms with E-state index in [4.69, 9.17) is 0 Å². The molecular formula is C21H19F3N4O2S. The molecule has 1 amide bonds. The van der Waals surface area contributed by atoms with Gasteiger partial charge < -0.3 is 14.5 Å². The summed E-state index contributed by atoms with van der Waals surface area (Å²) >= 11 is 1.53. The van der Waals surface area contributed by atoms with E-state index < -0.39 is 6.36 Å². The van der Waals surface area contributed by atoms with Crippen LogP contribution in [0.4, 0.5) is 24.7 Å². The van der Waals surface area contributed by atoms with Gasteiger partial charge in [-0.1, -0.05) is 0 Å². The monoisotopic (exact) mass is 448 g/mol. The fourth-order valence-electron chi connectivity index (χ4n) is 4.46. The number of fused-ring (bicyclic) bond motifs is 2. The Bertz CT molecular complexity index is 1130. The predicted molar refractivity (Wildman–Crippen MR) is 112 cm³/mol. The summed E-state index contributed by atoms with van der Waals surface area (Å²) in [7, 11) is 0. The van der Waals surface area contributed by atoms with Crippen molar-refractivity contribution in [1.82, 2.24) is 9.97 Å². The molecule has 0 N–H and O–H groups in total. The third kappa shape index (κ3) is 3.80. The Hall–Kier alpha value is -2.88. The van der Waals surface area contributed by atoms with Gasteiger partial charge in [0, 0.05) is 18.8 Å². The Balaban J connectivity index is 1.43. The first kappa shape index (κ1) is 20.0. The van der Waals surface area contributed by atoms with Gasteiger partial charge in [0.15, 0.2) is 0 Å². The highest BCUT2D eigenvalue weighted by Gasteiger charge is 2.37. The molecule has 4 heterocycles. The van der Waals surface area contributed by atoms with Gasteiger partial charge in [-0.3, -0.25) is 4.79 Å². The highest BCUT2D eigenvalue weighted by atomic mass is 32.1. The summed E-state index contributed by atoms with van der Waals surface area (Å²) in [4.78, 5) is 26.9. The molecule has 5 rings (SSSR count). The molecule has 162 valence electrons. The summed E-state index contributed by atoms with van der Waals surface area (Å²) in [5, 5.41) is 2.89. The highest BCUT2D eigenvalue weighted by molar-refractivity contribution is 7.16. The number of rotatable bonds is 3. The van der Waals surface area contributed by atoms with Gasteiger partial charge in [0.1, 0.15) is 28.8 Å². The molecule has 2 aliphatic heterocycles. The first-order valence-electron chi connectivity index (χ1n) is 10.1. The van der Waals surface area contributed by atoms with Crippen LogP contribution in [0.1, 0.15) is 24.8 Å². The number of anilines is 2. The van der Waals surface area contributed by atoms with E-state index in [-0.39, 0.29) is 17.7 Å². The van der Waals surface area contributed by atoms with Gasteiger partial charge in [-0.05, 0) is 60.9 Å². The van der Waals surface area contributed by atoms with Gasteiger partial charge in [-0.25, -0.2) is 9.97 Å². The average Bonchev–Trinajstić information content (AvgIpc) is 3.40. The fraction of sp³-hybridized carbons (Fsp3) is 0.381. The normalized spacial score (nSPS) is 19.0. The van der Waals surface area contributed by atoms with Crippen LogP contribution in [0.2, 0.25) is 0 Å². The van der Waals surface area contributed by atoms with Crippen LogP contribution >= 0.6 is 11.3 Å². The van der Waals surface area contributed by atoms with Crippen molar-refractivity contribution in [2.24, 2.45) is 0 Å². The zero-order valence-electron chi connectivity index (χ0n) is 16.4. The molecule has 1 unspecified atom stereocenters. The van der Waals surface area contributed by atoms with Gasteiger partial charge in [0.25, 0.3) is 0 Å². The van der Waals surface area contributed by atoms with E-state index in [1.54, 1.807) is 11.0 Å². The minimum Gasteiger partial charge on any atom is -0.406 e. The second kappa shape index (κ2) is 7.67. The Morgan fingerprint density at radius 2 is 2.03 bits per heavy atom. The number of amides is 1. The average molecular weight is 448 g/mol. The summed E-state index contributed by atoms with van der Waals surface area (Å²) in [5.74, 6) is 0.446. The second-order valence-corrected chi connectivity index (χ2v) is 8.51. The van der Waals surface area contributed by atoms with Crippen LogP contribution in [0, 0.1) is 0 Å². The molecule has 3 aromatic rings. The van der Waals surface area contributed by atoms with Crippen molar-refractivity contribution in [2.45, 2.75) is 38.1 Å². The Morgan fingerprint density at radius 3 is 2.87 bits per heavy atom. The van der Waals surface area contributed by atoms with Crippen molar-refractivity contribution in [1.29, 1.82) is 0 Å². The third-order valence-electron chi connectivity index (χ3n) is 5.72. The summed E-state index contributed by atoms with van der Waals surface area (Å²) in [6.45, 7) is 1.25. The molecular weight excluding hydrogens is 429 g/mol. The van der Waals surface area contributed by atoms with Crippen LogP contribution in [0.3, 0.4) is 0 Å². The number of thiophene rings is 1. The van der Waals surface area contributed by atoms with Gasteiger partial charge in [-0.2, -0.15) is 0 Å². The molecule has 2 aromatic heterocycles. The minimum absolute atomic E-state index is 0.0510. The molecule has 2 aliphatic rings. The van der Waals surface area contributed by atoms with Gasteiger partial charge in [0.05, 0.1) is 5.39 Å². The molecule has 1 saturated heterocycles. The van der Waals surface area contributed by atoms with E-state index >= 15 is 0 Å². The van der Waals surface area contributed by atoms with Crippen molar-refractivity contribution in [3.05, 3.63) is 41.5 Å². The summed E-state index contributed by atoms with van der Waals surface area (Å²) in [6.07, 6.45) is -0.368. The van der Waals surface area contributed by atoms with Gasteiger partial charge in [-0.15, -0.1) is 24.5 Å².